The lowest BCUT2D eigenvalue weighted by Gasteiger charge is -2.21. The lowest BCUT2D eigenvalue weighted by atomic mass is 9.85. The standard InChI is InChI=1S/C14H16N2.3C2H6.H2/c1-10-6-7-13(14-8-15-9-16-14)12-5-3-2-4-11(10)12;3*1-2;/h6-9H,2-5H2,1H3,(H,15,16);3*1-2H3;1H. The van der Waals surface area contributed by atoms with Gasteiger partial charge in [0, 0.05) is 6.99 Å². The van der Waals surface area contributed by atoms with E-state index in [0.29, 0.717) is 0 Å². The van der Waals surface area contributed by atoms with Crippen molar-refractivity contribution in [3.63, 3.8) is 0 Å². The van der Waals surface area contributed by atoms with Gasteiger partial charge in [0.05, 0.1) is 18.2 Å². The molecule has 0 saturated carbocycles. The summed E-state index contributed by atoms with van der Waals surface area (Å²) >= 11 is 0. The molecule has 0 saturated heterocycles. The van der Waals surface area contributed by atoms with E-state index in [4.69, 9.17) is 0 Å². The molecule has 1 aliphatic rings. The zero-order chi connectivity index (χ0) is 17.0. The molecule has 2 aromatic rings. The molecule has 0 unspecified atom stereocenters. The van der Waals surface area contributed by atoms with Gasteiger partial charge in [0.15, 0.2) is 0 Å². The summed E-state index contributed by atoms with van der Waals surface area (Å²) in [5.74, 6) is 0. The van der Waals surface area contributed by atoms with Crippen LogP contribution in [0.15, 0.2) is 24.7 Å². The number of fused-ring (bicyclic) bond motifs is 1. The van der Waals surface area contributed by atoms with Crippen molar-refractivity contribution in [2.75, 3.05) is 0 Å². The van der Waals surface area contributed by atoms with E-state index in [1.54, 1.807) is 11.9 Å². The van der Waals surface area contributed by atoms with Crippen LogP contribution in [-0.4, -0.2) is 9.97 Å². The first kappa shape index (κ1) is 20.4. The summed E-state index contributed by atoms with van der Waals surface area (Å²) in [5.41, 5.74) is 7.04. The maximum atomic E-state index is 4.11. The Balaban J connectivity index is 0. The predicted molar refractivity (Wildman–Crippen MR) is 102 cm³/mol. The highest BCUT2D eigenvalue weighted by atomic mass is 14.9. The van der Waals surface area contributed by atoms with Crippen LogP contribution in [0.5, 0.6) is 0 Å². The monoisotopic (exact) mass is 304 g/mol. The Hall–Kier alpha value is -1.57. The summed E-state index contributed by atoms with van der Waals surface area (Å²) in [6.07, 6.45) is 8.77. The smallest absolute Gasteiger partial charge is 0.0924 e. The van der Waals surface area contributed by atoms with Gasteiger partial charge in [0.25, 0.3) is 0 Å². The minimum atomic E-state index is 0. The summed E-state index contributed by atoms with van der Waals surface area (Å²) in [6, 6.07) is 4.47. The van der Waals surface area contributed by atoms with E-state index in [1.807, 2.05) is 47.7 Å². The van der Waals surface area contributed by atoms with E-state index in [2.05, 4.69) is 29.0 Å². The Morgan fingerprint density at radius 1 is 0.909 bits per heavy atom. The van der Waals surface area contributed by atoms with Crippen LogP contribution in [0.4, 0.5) is 0 Å². The van der Waals surface area contributed by atoms with Crippen molar-refractivity contribution >= 4 is 0 Å². The van der Waals surface area contributed by atoms with Gasteiger partial charge in [-0.15, -0.1) is 0 Å². The van der Waals surface area contributed by atoms with Crippen molar-refractivity contribution in [1.82, 2.24) is 9.97 Å². The molecule has 2 nitrogen and oxygen atoms in total. The topological polar surface area (TPSA) is 28.7 Å². The first-order chi connectivity index (χ1) is 10.9. The first-order valence-electron chi connectivity index (χ1n) is 8.96. The minimum Gasteiger partial charge on any atom is -0.345 e. The zero-order valence-electron chi connectivity index (χ0n) is 15.6. The van der Waals surface area contributed by atoms with Gasteiger partial charge < -0.3 is 4.98 Å². The Labute approximate surface area is 138 Å². The quantitative estimate of drug-likeness (QED) is 0.632. The van der Waals surface area contributed by atoms with Crippen molar-refractivity contribution < 1.29 is 1.43 Å². The molecule has 0 aliphatic heterocycles. The summed E-state index contributed by atoms with van der Waals surface area (Å²) in [5, 5.41) is 0. The van der Waals surface area contributed by atoms with Crippen molar-refractivity contribution in [1.29, 1.82) is 0 Å². The number of hydrogen-bond donors (Lipinski definition) is 1. The fraction of sp³-hybridized carbons (Fsp3) is 0.550. The highest BCUT2D eigenvalue weighted by Gasteiger charge is 2.16. The van der Waals surface area contributed by atoms with E-state index in [9.17, 15) is 0 Å². The summed E-state index contributed by atoms with van der Waals surface area (Å²) in [4.78, 5) is 7.33. The molecule has 3 rings (SSSR count). The lowest BCUT2D eigenvalue weighted by molar-refractivity contribution is 0.683. The van der Waals surface area contributed by atoms with Gasteiger partial charge >= 0.3 is 0 Å². The maximum Gasteiger partial charge on any atom is 0.0924 e. The van der Waals surface area contributed by atoms with Gasteiger partial charge in [0.1, 0.15) is 0 Å². The van der Waals surface area contributed by atoms with Gasteiger partial charge in [-0.25, -0.2) is 4.98 Å². The molecule has 22 heavy (non-hydrogen) atoms. The summed E-state index contributed by atoms with van der Waals surface area (Å²) < 4.78 is 0. The molecule has 0 fully saturated rings. The normalized spacial score (nSPS) is 11.6. The van der Waals surface area contributed by atoms with Crippen molar-refractivity contribution in [2.24, 2.45) is 0 Å². The number of imidazole rings is 1. The third-order valence-corrected chi connectivity index (χ3v) is 3.56. The SMILES string of the molecule is CC.CC.CC.Cc1ccc(-c2cnc[nH]2)c2c1CCCC2.[HH]. The van der Waals surface area contributed by atoms with Gasteiger partial charge in [0.2, 0.25) is 0 Å². The number of hydrogen-bond acceptors (Lipinski definition) is 1. The molecule has 0 spiro atoms. The molecule has 1 heterocycles. The molecule has 0 amide bonds. The molecule has 0 radical (unpaired) electrons. The second kappa shape index (κ2) is 12.0. The highest BCUT2D eigenvalue weighted by molar-refractivity contribution is 5.66. The Kier molecular flexibility index (Phi) is 11.2. The summed E-state index contributed by atoms with van der Waals surface area (Å²) in [7, 11) is 0. The molecular weight excluding hydrogens is 268 g/mol. The number of nitrogens with one attached hydrogen (secondary N) is 1. The van der Waals surface area contributed by atoms with E-state index < -0.39 is 0 Å². The van der Waals surface area contributed by atoms with Gasteiger partial charge in [-0.1, -0.05) is 53.7 Å². The molecule has 1 aromatic carbocycles. The van der Waals surface area contributed by atoms with E-state index in [-0.39, 0.29) is 1.43 Å². The fourth-order valence-electron chi connectivity index (χ4n) is 2.70. The second-order valence-corrected chi connectivity index (χ2v) is 4.56. The van der Waals surface area contributed by atoms with Crippen molar-refractivity contribution in [2.45, 2.75) is 74.1 Å². The molecule has 1 aromatic heterocycles. The van der Waals surface area contributed by atoms with Gasteiger partial charge in [-0.05, 0) is 49.3 Å². The van der Waals surface area contributed by atoms with Crippen LogP contribution in [-0.2, 0) is 12.8 Å². The molecule has 2 heteroatoms. The van der Waals surface area contributed by atoms with Crippen LogP contribution in [0.25, 0.3) is 11.3 Å². The van der Waals surface area contributed by atoms with E-state index in [0.717, 1.165) is 5.69 Å². The Morgan fingerprint density at radius 2 is 1.50 bits per heavy atom. The number of aromatic amines is 1. The van der Waals surface area contributed by atoms with Crippen LogP contribution in [0, 0.1) is 6.92 Å². The third-order valence-electron chi connectivity index (χ3n) is 3.56. The number of benzene rings is 1. The average molecular weight is 305 g/mol. The predicted octanol–water partition coefficient (Wildman–Crippen LogP) is 6.59. The van der Waals surface area contributed by atoms with Crippen LogP contribution in [0.1, 0.15) is 72.5 Å². The van der Waals surface area contributed by atoms with Crippen LogP contribution >= 0.6 is 0 Å². The largest absolute Gasteiger partial charge is 0.345 e. The highest BCUT2D eigenvalue weighted by Crippen LogP contribution is 2.32. The summed E-state index contributed by atoms with van der Waals surface area (Å²) in [6.45, 7) is 14.2. The van der Waals surface area contributed by atoms with Gasteiger partial charge in [-0.3, -0.25) is 0 Å². The molecule has 1 aliphatic carbocycles. The molecule has 0 bridgehead atoms. The van der Waals surface area contributed by atoms with Crippen LogP contribution in [0.3, 0.4) is 0 Å². The number of nitrogens with zero attached hydrogens (tertiary/aromatic N) is 1. The number of rotatable bonds is 1. The Bertz CT molecular complexity index is 505. The van der Waals surface area contributed by atoms with Crippen molar-refractivity contribution in [3.05, 3.63) is 41.3 Å². The maximum absolute atomic E-state index is 4.11. The minimum absolute atomic E-state index is 0. The van der Waals surface area contributed by atoms with Crippen LogP contribution < -0.4 is 0 Å². The first-order valence-corrected chi connectivity index (χ1v) is 8.96. The molecule has 126 valence electrons. The lowest BCUT2D eigenvalue weighted by Crippen LogP contribution is -2.06. The fourth-order valence-corrected chi connectivity index (χ4v) is 2.70. The number of aryl methyl sites for hydroxylation is 1. The van der Waals surface area contributed by atoms with E-state index >= 15 is 0 Å². The second-order valence-electron chi connectivity index (χ2n) is 4.56. The number of aromatic nitrogens is 2. The molecular formula is C20H36N2. The Morgan fingerprint density at radius 3 is 2.05 bits per heavy atom. The number of H-pyrrole nitrogens is 1. The molecule has 1 N–H and O–H groups in total. The van der Waals surface area contributed by atoms with E-state index in [1.165, 1.54) is 42.4 Å². The third kappa shape index (κ3) is 5.01. The van der Waals surface area contributed by atoms with Gasteiger partial charge in [-0.2, -0.15) is 0 Å². The zero-order valence-corrected chi connectivity index (χ0v) is 15.6. The van der Waals surface area contributed by atoms with Crippen LogP contribution in [0.2, 0.25) is 0 Å². The van der Waals surface area contributed by atoms with Crippen molar-refractivity contribution in [3.8, 4) is 11.3 Å². The molecule has 0 atom stereocenters. The average Bonchev–Trinajstić information content (AvgIpc) is 3.15.